The van der Waals surface area contributed by atoms with Gasteiger partial charge < -0.3 is 81.0 Å². The van der Waals surface area contributed by atoms with E-state index in [9.17, 15) is 0 Å². The van der Waals surface area contributed by atoms with Gasteiger partial charge in [0.15, 0.2) is 0 Å². The summed E-state index contributed by atoms with van der Waals surface area (Å²) >= 11 is 0. The summed E-state index contributed by atoms with van der Waals surface area (Å²) in [6.07, 6.45) is 0. The van der Waals surface area contributed by atoms with E-state index >= 15 is 0 Å². The molecule has 54 valence electrons. The largest absolute Gasteiger partial charge is 0.813 e. The van der Waals surface area contributed by atoms with Crippen molar-refractivity contribution >= 4 is 81.0 Å². The van der Waals surface area contributed by atoms with Crippen molar-refractivity contribution in [1.82, 2.24) is 0 Å². The topological polar surface area (TPSA) is 0 Å². The zero-order chi connectivity index (χ0) is 0. The second-order valence-corrected chi connectivity index (χ2v) is 0. The Morgan fingerprint density at radius 1 is 0.286 bits per heavy atom. The van der Waals surface area contributed by atoms with E-state index in [2.05, 4.69) is 0 Å². The molecule has 7 heteroatoms. The maximum Gasteiger partial charge on any atom is 0 e. The Morgan fingerprint density at radius 3 is 0.286 bits per heavy atom. The molecule has 0 nitrogen and oxygen atoms in total. The van der Waals surface area contributed by atoms with Crippen LogP contribution in [0, 0.1) is 0 Å². The third kappa shape index (κ3) is 52.1. The van der Waals surface area contributed by atoms with Gasteiger partial charge in [0.05, 0.1) is 0 Å². The van der Waals surface area contributed by atoms with Crippen molar-refractivity contribution in [2.75, 3.05) is 0 Å². The average Bonchev–Trinajstić information content (AvgIpc) is 0. The number of thiol groups is 6. The monoisotopic (exact) mass is 296 g/mol. The molecule has 0 aromatic heterocycles. The van der Waals surface area contributed by atoms with Gasteiger partial charge in [0.2, 0.25) is 0 Å². The van der Waals surface area contributed by atoms with Crippen molar-refractivity contribution in [3.05, 3.63) is 0 Å². The molecule has 0 N–H and O–H groups in total. The van der Waals surface area contributed by atoms with Gasteiger partial charge in [0.25, 0.3) is 0 Å². The van der Waals surface area contributed by atoms with E-state index < -0.39 is 0 Å². The molecule has 0 spiro atoms. The van der Waals surface area contributed by atoms with Crippen LogP contribution >= 0.6 is 0 Å². The second kappa shape index (κ2) is 68.6. The first-order valence-electron chi connectivity index (χ1n) is 0. The van der Waals surface area contributed by atoms with Crippen LogP contribution in [0.3, 0.4) is 0 Å². The summed E-state index contributed by atoms with van der Waals surface area (Å²) in [5, 5.41) is 0. The second-order valence-electron chi connectivity index (χ2n) is 0. The van der Waals surface area contributed by atoms with Crippen LogP contribution < -0.4 is 0 Å². The molecule has 0 saturated carbocycles. The van der Waals surface area contributed by atoms with Gasteiger partial charge in [0.1, 0.15) is 0 Å². The fraction of sp³-hybridized carbons (Fsp3) is 0. The molecule has 0 aliphatic heterocycles. The molecular weight excluding hydrogens is 288 g/mol. The van der Waals surface area contributed by atoms with E-state index in [1.54, 1.807) is 0 Å². The molecule has 0 rings (SSSR count). The molecule has 0 aliphatic carbocycles. The van der Waals surface area contributed by atoms with Crippen molar-refractivity contribution in [2.45, 2.75) is 0 Å². The number of hydrogen-bond acceptors (Lipinski definition) is 6. The molecule has 0 aromatic rings. The van der Waals surface area contributed by atoms with Crippen LogP contribution in [0.15, 0.2) is 0 Å². The molecule has 0 saturated heterocycles. The fourth-order valence-electron chi connectivity index (χ4n) is 0. The number of hydrogen-bond donors (Lipinski definition) is 0. The number of rotatable bonds is 0. The summed E-state index contributed by atoms with van der Waals surface area (Å²) in [6.45, 7) is 0. The fourth-order valence-corrected chi connectivity index (χ4v) is 0. The van der Waals surface area contributed by atoms with Gasteiger partial charge >= 0.3 is 0 Å². The van der Waals surface area contributed by atoms with E-state index in [4.69, 9.17) is 0 Å². The van der Waals surface area contributed by atoms with Gasteiger partial charge in [-0.2, -0.15) is 0 Å². The molecule has 0 amide bonds. The minimum atomic E-state index is 0. The summed E-state index contributed by atoms with van der Waals surface area (Å²) in [7, 11) is 0. The van der Waals surface area contributed by atoms with Gasteiger partial charge in [-0.15, -0.1) is 0 Å². The summed E-state index contributed by atoms with van der Waals surface area (Å²) in [5.41, 5.74) is 0. The van der Waals surface area contributed by atoms with E-state index in [0.717, 1.165) is 0 Å². The first-order chi connectivity index (χ1) is 0. The molecule has 7 heavy (non-hydrogen) atoms. The predicted molar refractivity (Wildman–Crippen MR) is 52.6 cm³/mol. The quantitative estimate of drug-likeness (QED) is 0.297. The molecule has 0 aliphatic rings. The summed E-state index contributed by atoms with van der Waals surface area (Å²) in [4.78, 5) is 0. The van der Waals surface area contributed by atoms with Gasteiger partial charge in [-0.1, -0.05) is 0 Å². The van der Waals surface area contributed by atoms with E-state index in [1.165, 1.54) is 0 Å². The first kappa shape index (κ1) is 97.2. The molecule has 0 unspecified atom stereocenters. The maximum atomic E-state index is 0. The molecule has 0 heterocycles. The Labute approximate surface area is 101 Å². The Kier molecular flexibility index (Phi) is 952. The standard InChI is InChI=1S/Mo.6H2S/h;6*1H2/p-6. The van der Waals surface area contributed by atoms with Crippen molar-refractivity contribution in [3.8, 4) is 0 Å². The molecular formula is H6MoS6-6. The summed E-state index contributed by atoms with van der Waals surface area (Å²) < 4.78 is 0. The SMILES string of the molecule is [Mo].[SH-].[SH-].[SH-].[SH-].[SH-].[SH-]. The molecule has 0 atom stereocenters. The summed E-state index contributed by atoms with van der Waals surface area (Å²) in [6, 6.07) is 0. The zero-order valence-corrected chi connectivity index (χ0v) is 10.5. The summed E-state index contributed by atoms with van der Waals surface area (Å²) in [5.74, 6) is 0. The van der Waals surface area contributed by atoms with Crippen LogP contribution in [0.5, 0.6) is 0 Å². The molecule has 0 radical (unpaired) electrons. The van der Waals surface area contributed by atoms with Gasteiger partial charge in [0, 0.05) is 21.1 Å². The Hall–Kier alpha value is 2.79. The van der Waals surface area contributed by atoms with Crippen LogP contribution in [0.4, 0.5) is 0 Å². The third-order valence-electron chi connectivity index (χ3n) is 0. The Bertz CT molecular complexity index is 4.14. The predicted octanol–water partition coefficient (Wildman–Crippen LogP) is -1.62. The molecule has 0 fully saturated rings. The van der Waals surface area contributed by atoms with Crippen molar-refractivity contribution in [3.63, 3.8) is 0 Å². The van der Waals surface area contributed by atoms with Crippen LogP contribution in [-0.4, -0.2) is 0 Å². The zero-order valence-electron chi connectivity index (χ0n) is 3.09. The average molecular weight is 294 g/mol. The van der Waals surface area contributed by atoms with Gasteiger partial charge in [-0.05, 0) is 0 Å². The Balaban J connectivity index is 0. The van der Waals surface area contributed by atoms with Crippen LogP contribution in [-0.2, 0) is 102 Å². The molecule has 0 bridgehead atoms. The molecule has 0 aromatic carbocycles. The van der Waals surface area contributed by atoms with E-state index in [-0.39, 0.29) is 102 Å². The van der Waals surface area contributed by atoms with Gasteiger partial charge in [-0.3, -0.25) is 0 Å². The van der Waals surface area contributed by atoms with Crippen molar-refractivity contribution in [1.29, 1.82) is 0 Å². The third-order valence-corrected chi connectivity index (χ3v) is 0. The first-order valence-corrected chi connectivity index (χ1v) is 0. The van der Waals surface area contributed by atoms with Crippen LogP contribution in [0.2, 0.25) is 0 Å². The van der Waals surface area contributed by atoms with Crippen molar-refractivity contribution < 1.29 is 21.1 Å². The normalized spacial score (nSPS) is 0. The van der Waals surface area contributed by atoms with E-state index in [0.29, 0.717) is 0 Å². The van der Waals surface area contributed by atoms with Crippen molar-refractivity contribution in [2.24, 2.45) is 0 Å². The Morgan fingerprint density at radius 2 is 0.286 bits per heavy atom. The maximum absolute atomic E-state index is 0. The van der Waals surface area contributed by atoms with E-state index in [1.807, 2.05) is 0 Å². The minimum Gasteiger partial charge on any atom is -0.813 e. The van der Waals surface area contributed by atoms with Crippen LogP contribution in [0.25, 0.3) is 0 Å². The van der Waals surface area contributed by atoms with Gasteiger partial charge in [-0.25, -0.2) is 0 Å². The van der Waals surface area contributed by atoms with Crippen LogP contribution in [0.1, 0.15) is 0 Å². The minimum absolute atomic E-state index is 0. The smallest absolute Gasteiger partial charge is 0 e.